The summed E-state index contributed by atoms with van der Waals surface area (Å²) in [6.07, 6.45) is 9.13. The minimum Gasteiger partial charge on any atom is -0.333 e. The van der Waals surface area contributed by atoms with Gasteiger partial charge in [-0.15, -0.1) is 0 Å². The summed E-state index contributed by atoms with van der Waals surface area (Å²) < 4.78 is 0. The number of benzene rings is 8. The van der Waals surface area contributed by atoms with Gasteiger partial charge in [-0.25, -0.2) is 0 Å². The van der Waals surface area contributed by atoms with Crippen LogP contribution in [0.2, 0.25) is 0 Å². The molecule has 0 radical (unpaired) electrons. The van der Waals surface area contributed by atoms with Crippen LogP contribution in [0.3, 0.4) is 0 Å². The second-order valence-electron chi connectivity index (χ2n) is 13.6. The Bertz CT molecular complexity index is 2560. The third-order valence-corrected chi connectivity index (χ3v) is 10.8. The molecule has 2 unspecified atom stereocenters. The standard InChI is InChI=1S/C50H35N/c1-3-13-34(14-4-1)35-23-25-36(26-24-35)39-29-32-48-46(33-39)41-17-11-12-22-47(41)51(48)40-30-27-38(28-31-40)50-44-20-9-7-18-42(44)49(37-15-5-2-6-16-37)43-19-8-10-21-45(43)50/h1-33,41,47H. The summed E-state index contributed by atoms with van der Waals surface area (Å²) in [7, 11) is 0. The van der Waals surface area contributed by atoms with E-state index in [1.54, 1.807) is 0 Å². The molecule has 0 bridgehead atoms. The van der Waals surface area contributed by atoms with Crippen LogP contribution in [0.25, 0.3) is 66.1 Å². The van der Waals surface area contributed by atoms with Gasteiger partial charge in [0.25, 0.3) is 0 Å². The number of fused-ring (bicyclic) bond motifs is 5. The molecule has 0 saturated carbocycles. The SMILES string of the molecule is C1=CC2c3cc(-c4ccc(-c5ccccc5)cc4)ccc3N(c3ccc(-c4c5ccccc5c(-c5ccccc5)c5ccccc45)cc3)C2C=C1. The van der Waals surface area contributed by atoms with Gasteiger partial charge >= 0.3 is 0 Å². The Hall–Kier alpha value is -6.44. The molecule has 1 nitrogen and oxygen atoms in total. The smallest absolute Gasteiger partial charge is 0.0629 e. The maximum Gasteiger partial charge on any atom is 0.0629 e. The molecule has 0 saturated heterocycles. The van der Waals surface area contributed by atoms with Crippen LogP contribution < -0.4 is 4.90 Å². The zero-order valence-electron chi connectivity index (χ0n) is 28.2. The second-order valence-corrected chi connectivity index (χ2v) is 13.6. The van der Waals surface area contributed by atoms with Gasteiger partial charge in [-0.3, -0.25) is 0 Å². The van der Waals surface area contributed by atoms with Gasteiger partial charge in [-0.2, -0.15) is 0 Å². The molecule has 0 N–H and O–H groups in total. The Morgan fingerprint density at radius 3 is 1.37 bits per heavy atom. The van der Waals surface area contributed by atoms with E-state index >= 15 is 0 Å². The highest BCUT2D eigenvalue weighted by atomic mass is 15.2. The molecule has 0 amide bonds. The van der Waals surface area contributed by atoms with E-state index in [0.29, 0.717) is 5.92 Å². The molecular formula is C50H35N. The fourth-order valence-corrected chi connectivity index (χ4v) is 8.45. The lowest BCUT2D eigenvalue weighted by Crippen LogP contribution is -2.28. The number of allylic oxidation sites excluding steroid dienone is 2. The molecule has 8 aromatic rings. The lowest BCUT2D eigenvalue weighted by molar-refractivity contribution is 0.745. The molecule has 8 aromatic carbocycles. The fraction of sp³-hybridized carbons (Fsp3) is 0.0400. The van der Waals surface area contributed by atoms with Crippen LogP contribution in [-0.2, 0) is 0 Å². The average Bonchev–Trinajstić information content (AvgIpc) is 3.54. The average molecular weight is 650 g/mol. The molecule has 0 spiro atoms. The van der Waals surface area contributed by atoms with Crippen LogP contribution in [0.15, 0.2) is 200 Å². The van der Waals surface area contributed by atoms with Crippen LogP contribution >= 0.6 is 0 Å². The molecule has 240 valence electrons. The fourth-order valence-electron chi connectivity index (χ4n) is 8.45. The predicted molar refractivity (Wildman–Crippen MR) is 217 cm³/mol. The highest BCUT2D eigenvalue weighted by Gasteiger charge is 2.37. The number of hydrogen-bond acceptors (Lipinski definition) is 1. The van der Waals surface area contributed by atoms with Crippen molar-refractivity contribution in [2.75, 3.05) is 4.90 Å². The summed E-state index contributed by atoms with van der Waals surface area (Å²) >= 11 is 0. The van der Waals surface area contributed by atoms with Gasteiger partial charge in [0.15, 0.2) is 0 Å². The van der Waals surface area contributed by atoms with Crippen molar-refractivity contribution in [1.29, 1.82) is 0 Å². The van der Waals surface area contributed by atoms with Crippen molar-refractivity contribution in [3.05, 3.63) is 206 Å². The highest BCUT2D eigenvalue weighted by Crippen LogP contribution is 2.50. The van der Waals surface area contributed by atoms with Gasteiger partial charge in [0.2, 0.25) is 0 Å². The van der Waals surface area contributed by atoms with E-state index in [0.717, 1.165) is 0 Å². The third kappa shape index (κ3) is 4.93. The minimum atomic E-state index is 0.235. The first-order chi connectivity index (χ1) is 25.3. The summed E-state index contributed by atoms with van der Waals surface area (Å²) in [5.74, 6) is 0.298. The maximum absolute atomic E-state index is 2.53. The van der Waals surface area contributed by atoms with Gasteiger partial charge in [0.05, 0.1) is 6.04 Å². The zero-order valence-corrected chi connectivity index (χ0v) is 28.2. The molecule has 0 fully saturated rings. The largest absolute Gasteiger partial charge is 0.333 e. The third-order valence-electron chi connectivity index (χ3n) is 10.8. The molecule has 51 heavy (non-hydrogen) atoms. The van der Waals surface area contributed by atoms with Crippen molar-refractivity contribution < 1.29 is 0 Å². The predicted octanol–water partition coefficient (Wildman–Crippen LogP) is 13.4. The van der Waals surface area contributed by atoms with Gasteiger partial charge in [-0.1, -0.05) is 176 Å². The zero-order chi connectivity index (χ0) is 33.7. The normalized spacial score (nSPS) is 16.0. The van der Waals surface area contributed by atoms with Gasteiger partial charge in [-0.05, 0) is 95.9 Å². The van der Waals surface area contributed by atoms with E-state index in [2.05, 4.69) is 205 Å². The summed E-state index contributed by atoms with van der Waals surface area (Å²) in [5, 5.41) is 5.11. The van der Waals surface area contributed by atoms with E-state index in [4.69, 9.17) is 0 Å². The first-order valence-electron chi connectivity index (χ1n) is 17.9. The van der Waals surface area contributed by atoms with Crippen molar-refractivity contribution in [2.24, 2.45) is 0 Å². The molecule has 1 aliphatic heterocycles. The topological polar surface area (TPSA) is 3.24 Å². The van der Waals surface area contributed by atoms with Gasteiger partial charge < -0.3 is 4.90 Å². The summed E-state index contributed by atoms with van der Waals surface area (Å²) in [6.45, 7) is 0. The molecule has 1 heteroatoms. The van der Waals surface area contributed by atoms with Crippen LogP contribution in [0.1, 0.15) is 11.5 Å². The van der Waals surface area contributed by atoms with E-state index in [1.165, 1.54) is 83.0 Å². The maximum atomic E-state index is 2.53. The number of nitrogens with zero attached hydrogens (tertiary/aromatic N) is 1. The Labute approximate surface area is 299 Å². The quantitative estimate of drug-likeness (QED) is 0.168. The van der Waals surface area contributed by atoms with Crippen LogP contribution in [0.5, 0.6) is 0 Å². The molecule has 2 aliphatic rings. The highest BCUT2D eigenvalue weighted by molar-refractivity contribution is 6.21. The second kappa shape index (κ2) is 12.2. The van der Waals surface area contributed by atoms with E-state index in [-0.39, 0.29) is 6.04 Å². The summed E-state index contributed by atoms with van der Waals surface area (Å²) in [6, 6.07) is 64.7. The first kappa shape index (κ1) is 29.5. The van der Waals surface area contributed by atoms with E-state index < -0.39 is 0 Å². The molecule has 0 aromatic heterocycles. The summed E-state index contributed by atoms with van der Waals surface area (Å²) in [4.78, 5) is 2.53. The minimum absolute atomic E-state index is 0.235. The number of hydrogen-bond donors (Lipinski definition) is 0. The van der Waals surface area contributed by atoms with Crippen LogP contribution in [0.4, 0.5) is 11.4 Å². The Balaban J connectivity index is 1.05. The molecule has 1 heterocycles. The van der Waals surface area contributed by atoms with Crippen LogP contribution in [-0.4, -0.2) is 6.04 Å². The van der Waals surface area contributed by atoms with Crippen molar-refractivity contribution in [3.8, 4) is 44.5 Å². The van der Waals surface area contributed by atoms with Crippen molar-refractivity contribution >= 4 is 32.9 Å². The number of rotatable bonds is 5. The van der Waals surface area contributed by atoms with Crippen LogP contribution in [0, 0.1) is 0 Å². The Kier molecular flexibility index (Phi) is 7.03. The molecule has 10 rings (SSSR count). The van der Waals surface area contributed by atoms with Crippen molar-refractivity contribution in [3.63, 3.8) is 0 Å². The molecule has 1 aliphatic carbocycles. The monoisotopic (exact) mass is 649 g/mol. The van der Waals surface area contributed by atoms with Crippen molar-refractivity contribution in [2.45, 2.75) is 12.0 Å². The Morgan fingerprint density at radius 1 is 0.353 bits per heavy atom. The Morgan fingerprint density at radius 2 is 0.784 bits per heavy atom. The lowest BCUT2D eigenvalue weighted by atomic mass is 9.86. The van der Waals surface area contributed by atoms with Gasteiger partial charge in [0, 0.05) is 17.3 Å². The molecular weight excluding hydrogens is 615 g/mol. The van der Waals surface area contributed by atoms with Crippen molar-refractivity contribution in [1.82, 2.24) is 0 Å². The first-order valence-corrected chi connectivity index (χ1v) is 17.9. The van der Waals surface area contributed by atoms with E-state index in [1.807, 2.05) is 0 Å². The van der Waals surface area contributed by atoms with Gasteiger partial charge in [0.1, 0.15) is 0 Å². The number of anilines is 2. The lowest BCUT2D eigenvalue weighted by Gasteiger charge is -2.29. The summed E-state index contributed by atoms with van der Waals surface area (Å²) in [5.41, 5.74) is 13.9. The molecule has 2 atom stereocenters. The van der Waals surface area contributed by atoms with E-state index in [9.17, 15) is 0 Å².